The van der Waals surface area contributed by atoms with E-state index in [1.54, 1.807) is 0 Å². The summed E-state index contributed by atoms with van der Waals surface area (Å²) in [5.74, 6) is 3.82. The maximum absolute atomic E-state index is 2.41. The van der Waals surface area contributed by atoms with Crippen LogP contribution in [-0.2, 0) is 0 Å². The Morgan fingerprint density at radius 2 is 1.00 bits per heavy atom. The third-order valence-electron chi connectivity index (χ3n) is 3.70. The third-order valence-corrected chi connectivity index (χ3v) is 3.70. The van der Waals surface area contributed by atoms with E-state index in [0.717, 1.165) is 23.7 Å². The fourth-order valence-corrected chi connectivity index (χ4v) is 2.09. The Bertz CT molecular complexity index is 92.6. The predicted octanol–water partition coefficient (Wildman–Crippen LogP) is 3.32. The molecule has 0 radical (unpaired) electrons. The molecule has 0 nitrogen and oxygen atoms in total. The van der Waals surface area contributed by atoms with Crippen LogP contribution in [0.3, 0.4) is 0 Å². The van der Waals surface area contributed by atoms with Crippen molar-refractivity contribution in [3.63, 3.8) is 0 Å². The van der Waals surface area contributed by atoms with E-state index in [2.05, 4.69) is 27.7 Å². The molecule has 0 aromatic carbocycles. The zero-order valence-corrected chi connectivity index (χ0v) is 7.72. The second-order valence-electron chi connectivity index (χ2n) is 4.25. The van der Waals surface area contributed by atoms with Gasteiger partial charge in [-0.2, -0.15) is 0 Å². The Morgan fingerprint density at radius 3 is 1.30 bits per heavy atom. The SMILES string of the molecule is CC1CC[C@H](C)C(C)[C@@H]1C. The van der Waals surface area contributed by atoms with E-state index in [-0.39, 0.29) is 0 Å². The summed E-state index contributed by atoms with van der Waals surface area (Å²) in [5, 5.41) is 0. The number of hydrogen-bond acceptors (Lipinski definition) is 0. The van der Waals surface area contributed by atoms with Gasteiger partial charge in [-0.15, -0.1) is 0 Å². The van der Waals surface area contributed by atoms with Crippen molar-refractivity contribution in [2.45, 2.75) is 40.5 Å². The lowest BCUT2D eigenvalue weighted by Crippen LogP contribution is -2.27. The molecule has 2 unspecified atom stereocenters. The summed E-state index contributed by atoms with van der Waals surface area (Å²) in [7, 11) is 0. The molecule has 1 saturated carbocycles. The van der Waals surface area contributed by atoms with Gasteiger partial charge in [-0.1, -0.05) is 40.5 Å². The van der Waals surface area contributed by atoms with E-state index < -0.39 is 0 Å². The maximum atomic E-state index is 2.41. The molecule has 0 heteroatoms. The van der Waals surface area contributed by atoms with Crippen LogP contribution in [0.1, 0.15) is 40.5 Å². The Balaban J connectivity index is 2.52. The standard InChI is InChI=1S/C10H20/c1-7-5-6-8(2)10(4)9(7)3/h7-10H,5-6H2,1-4H3/t7-,8?,9?,10+/m0/s1. The second-order valence-corrected chi connectivity index (χ2v) is 4.25. The molecule has 0 aromatic heterocycles. The highest BCUT2D eigenvalue weighted by Crippen LogP contribution is 2.37. The largest absolute Gasteiger partial charge is 0.0622 e. The van der Waals surface area contributed by atoms with Gasteiger partial charge in [0.05, 0.1) is 0 Å². The maximum Gasteiger partial charge on any atom is -0.0389 e. The van der Waals surface area contributed by atoms with E-state index in [9.17, 15) is 0 Å². The summed E-state index contributed by atoms with van der Waals surface area (Å²) in [6.45, 7) is 9.61. The van der Waals surface area contributed by atoms with Gasteiger partial charge in [0.15, 0.2) is 0 Å². The highest BCUT2D eigenvalue weighted by molar-refractivity contribution is 4.78. The average molecular weight is 140 g/mol. The van der Waals surface area contributed by atoms with Crippen LogP contribution in [0, 0.1) is 23.7 Å². The lowest BCUT2D eigenvalue weighted by atomic mass is 9.69. The number of rotatable bonds is 0. The normalized spacial score (nSPS) is 49.2. The van der Waals surface area contributed by atoms with Gasteiger partial charge in [0.2, 0.25) is 0 Å². The summed E-state index contributed by atoms with van der Waals surface area (Å²) in [6, 6.07) is 0. The van der Waals surface area contributed by atoms with E-state index in [0.29, 0.717) is 0 Å². The van der Waals surface area contributed by atoms with Crippen molar-refractivity contribution < 1.29 is 0 Å². The Hall–Kier alpha value is 0. The monoisotopic (exact) mass is 140 g/mol. The molecular weight excluding hydrogens is 120 g/mol. The van der Waals surface area contributed by atoms with Crippen LogP contribution in [0.2, 0.25) is 0 Å². The topological polar surface area (TPSA) is 0 Å². The first-order valence-corrected chi connectivity index (χ1v) is 4.63. The van der Waals surface area contributed by atoms with Crippen molar-refractivity contribution in [2.75, 3.05) is 0 Å². The van der Waals surface area contributed by atoms with Crippen LogP contribution in [-0.4, -0.2) is 0 Å². The molecule has 0 heterocycles. The van der Waals surface area contributed by atoms with E-state index >= 15 is 0 Å². The van der Waals surface area contributed by atoms with Crippen LogP contribution in [0.5, 0.6) is 0 Å². The molecule has 0 bridgehead atoms. The van der Waals surface area contributed by atoms with Gasteiger partial charge in [0.1, 0.15) is 0 Å². The van der Waals surface area contributed by atoms with Crippen molar-refractivity contribution in [3.05, 3.63) is 0 Å². The van der Waals surface area contributed by atoms with Gasteiger partial charge < -0.3 is 0 Å². The smallest absolute Gasteiger partial charge is 0.0389 e. The fourth-order valence-electron chi connectivity index (χ4n) is 2.09. The first kappa shape index (κ1) is 8.10. The van der Waals surface area contributed by atoms with E-state index in [4.69, 9.17) is 0 Å². The van der Waals surface area contributed by atoms with Gasteiger partial charge in [0, 0.05) is 0 Å². The predicted molar refractivity (Wildman–Crippen MR) is 45.9 cm³/mol. The highest BCUT2D eigenvalue weighted by Gasteiger charge is 2.28. The fraction of sp³-hybridized carbons (Fsp3) is 1.00. The van der Waals surface area contributed by atoms with Crippen LogP contribution >= 0.6 is 0 Å². The number of hydrogen-bond donors (Lipinski definition) is 0. The van der Waals surface area contributed by atoms with Crippen LogP contribution in [0.4, 0.5) is 0 Å². The molecule has 60 valence electrons. The van der Waals surface area contributed by atoms with Gasteiger partial charge in [0.25, 0.3) is 0 Å². The van der Waals surface area contributed by atoms with Gasteiger partial charge in [-0.25, -0.2) is 0 Å². The van der Waals surface area contributed by atoms with Crippen molar-refractivity contribution in [1.82, 2.24) is 0 Å². The van der Waals surface area contributed by atoms with Crippen LogP contribution in [0.15, 0.2) is 0 Å². The Kier molecular flexibility index (Phi) is 2.38. The molecular formula is C10H20. The van der Waals surface area contributed by atoms with Crippen molar-refractivity contribution in [3.8, 4) is 0 Å². The van der Waals surface area contributed by atoms with E-state index in [1.807, 2.05) is 0 Å². The summed E-state index contributed by atoms with van der Waals surface area (Å²) >= 11 is 0. The zero-order valence-electron chi connectivity index (χ0n) is 7.72. The molecule has 10 heavy (non-hydrogen) atoms. The lowest BCUT2D eigenvalue weighted by Gasteiger charge is -2.36. The third kappa shape index (κ3) is 1.36. The Morgan fingerprint density at radius 1 is 0.700 bits per heavy atom. The molecule has 0 saturated heterocycles. The summed E-state index contributed by atoms with van der Waals surface area (Å²) < 4.78 is 0. The molecule has 1 fully saturated rings. The molecule has 1 aliphatic carbocycles. The van der Waals surface area contributed by atoms with Gasteiger partial charge >= 0.3 is 0 Å². The minimum Gasteiger partial charge on any atom is -0.0622 e. The van der Waals surface area contributed by atoms with Crippen LogP contribution in [0.25, 0.3) is 0 Å². The summed E-state index contributed by atoms with van der Waals surface area (Å²) in [5.41, 5.74) is 0. The van der Waals surface area contributed by atoms with Crippen LogP contribution < -0.4 is 0 Å². The average Bonchev–Trinajstić information content (AvgIpc) is 1.93. The van der Waals surface area contributed by atoms with Crippen molar-refractivity contribution >= 4 is 0 Å². The first-order valence-electron chi connectivity index (χ1n) is 4.63. The lowest BCUT2D eigenvalue weighted by molar-refractivity contribution is 0.137. The molecule has 0 aliphatic heterocycles. The molecule has 0 N–H and O–H groups in total. The summed E-state index contributed by atoms with van der Waals surface area (Å²) in [4.78, 5) is 0. The molecule has 1 aliphatic rings. The van der Waals surface area contributed by atoms with Crippen molar-refractivity contribution in [2.24, 2.45) is 23.7 Å². The minimum absolute atomic E-state index is 0.948. The highest BCUT2D eigenvalue weighted by atomic mass is 14.3. The summed E-state index contributed by atoms with van der Waals surface area (Å²) in [6.07, 6.45) is 2.90. The Labute approximate surface area is 65.0 Å². The van der Waals surface area contributed by atoms with E-state index in [1.165, 1.54) is 12.8 Å². The second kappa shape index (κ2) is 2.94. The van der Waals surface area contributed by atoms with Crippen molar-refractivity contribution in [1.29, 1.82) is 0 Å². The molecule has 0 spiro atoms. The molecule has 0 aromatic rings. The van der Waals surface area contributed by atoms with Gasteiger partial charge in [-0.3, -0.25) is 0 Å². The molecule has 4 atom stereocenters. The molecule has 1 rings (SSSR count). The minimum atomic E-state index is 0.948. The zero-order chi connectivity index (χ0) is 7.72. The molecule has 0 amide bonds. The quantitative estimate of drug-likeness (QED) is 0.484. The first-order chi connectivity index (χ1) is 4.63. The van der Waals surface area contributed by atoms with Gasteiger partial charge in [-0.05, 0) is 23.7 Å².